The van der Waals surface area contributed by atoms with Crippen molar-refractivity contribution in [3.63, 3.8) is 0 Å². The quantitative estimate of drug-likeness (QED) is 0.479. The maximum absolute atomic E-state index is 14.3. The Balaban J connectivity index is 1.89. The van der Waals surface area contributed by atoms with Gasteiger partial charge in [0, 0.05) is 29.5 Å². The van der Waals surface area contributed by atoms with Gasteiger partial charge in [0.1, 0.15) is 11.0 Å². The van der Waals surface area contributed by atoms with E-state index in [-0.39, 0.29) is 24.8 Å². The fraction of sp³-hybridized carbons (Fsp3) is 0.346. The van der Waals surface area contributed by atoms with Crippen LogP contribution >= 0.6 is 0 Å². The van der Waals surface area contributed by atoms with Crippen LogP contribution in [0.25, 0.3) is 11.1 Å². The normalized spacial score (nSPS) is 18.4. The van der Waals surface area contributed by atoms with Crippen molar-refractivity contribution in [3.8, 4) is 0 Å². The van der Waals surface area contributed by atoms with Gasteiger partial charge in [-0.1, -0.05) is 68.4 Å². The molecule has 0 fully saturated rings. The molecule has 2 N–H and O–H groups in total. The third-order valence-corrected chi connectivity index (χ3v) is 8.32. The summed E-state index contributed by atoms with van der Waals surface area (Å²) in [6.45, 7) is 8.59. The maximum atomic E-state index is 14.3. The monoisotopic (exact) mass is 510 g/mol. The van der Waals surface area contributed by atoms with E-state index in [1.807, 2.05) is 30.3 Å². The van der Waals surface area contributed by atoms with Gasteiger partial charge in [-0.05, 0) is 25.0 Å². The summed E-state index contributed by atoms with van der Waals surface area (Å²) in [6.07, 6.45) is 6.49. The van der Waals surface area contributed by atoms with Crippen LogP contribution in [0, 0.1) is 19.3 Å². The Morgan fingerprint density at radius 3 is 2.44 bits per heavy atom. The molecular weight excluding hydrogens is 480 g/mol. The van der Waals surface area contributed by atoms with Crippen molar-refractivity contribution in [2.75, 3.05) is 11.3 Å². The van der Waals surface area contributed by atoms with Crippen molar-refractivity contribution in [1.82, 2.24) is 15.5 Å². The summed E-state index contributed by atoms with van der Waals surface area (Å²) in [4.78, 5) is 17.2. The average molecular weight is 511 g/mol. The maximum Gasteiger partial charge on any atom is 0.247 e. The van der Waals surface area contributed by atoms with Gasteiger partial charge in [-0.2, -0.15) is 0 Å². The number of aryl methyl sites for hydroxylation is 1. The lowest BCUT2D eigenvalue weighted by Gasteiger charge is -2.38. The van der Waals surface area contributed by atoms with Gasteiger partial charge in [0.2, 0.25) is 27.7 Å². The fourth-order valence-electron chi connectivity index (χ4n) is 4.01. The SMILES string of the molecule is Cc1noc(NS(=O)(=O)C2(CNC(=O)C(C)(C)C)CC(c3ncco3)=CC=C2c2ccccc2)c1C. The van der Waals surface area contributed by atoms with E-state index < -0.39 is 20.2 Å². The fourth-order valence-corrected chi connectivity index (χ4v) is 5.73. The number of sulfonamides is 1. The van der Waals surface area contributed by atoms with Crippen molar-refractivity contribution in [2.24, 2.45) is 5.41 Å². The zero-order valence-corrected chi connectivity index (χ0v) is 21.8. The summed E-state index contributed by atoms with van der Waals surface area (Å²) < 4.78 is 40.5. The summed E-state index contributed by atoms with van der Waals surface area (Å²) in [5, 5.41) is 6.77. The van der Waals surface area contributed by atoms with Crippen LogP contribution in [0.3, 0.4) is 0 Å². The van der Waals surface area contributed by atoms with Crippen LogP contribution in [0.2, 0.25) is 0 Å². The molecule has 1 aromatic carbocycles. The average Bonchev–Trinajstić information content (AvgIpc) is 3.48. The Morgan fingerprint density at radius 1 is 1.14 bits per heavy atom. The van der Waals surface area contributed by atoms with E-state index in [1.165, 1.54) is 12.5 Å². The Bertz CT molecular complexity index is 1410. The second kappa shape index (κ2) is 9.42. The molecule has 3 aromatic rings. The van der Waals surface area contributed by atoms with Gasteiger partial charge in [-0.15, -0.1) is 0 Å². The third kappa shape index (κ3) is 4.73. The molecule has 1 amide bonds. The molecule has 10 heteroatoms. The van der Waals surface area contributed by atoms with Crippen LogP contribution in [-0.4, -0.2) is 35.8 Å². The number of carbonyl (C=O) groups is 1. The summed E-state index contributed by atoms with van der Waals surface area (Å²) >= 11 is 0. The number of hydrogen-bond donors (Lipinski definition) is 2. The van der Waals surface area contributed by atoms with Crippen LogP contribution in [-0.2, 0) is 14.8 Å². The van der Waals surface area contributed by atoms with E-state index in [0.29, 0.717) is 33.9 Å². The largest absolute Gasteiger partial charge is 0.445 e. The number of allylic oxidation sites excluding steroid dienone is 3. The number of nitrogens with one attached hydrogen (secondary N) is 2. The van der Waals surface area contributed by atoms with E-state index >= 15 is 0 Å². The number of carbonyl (C=O) groups excluding carboxylic acids is 1. The topological polar surface area (TPSA) is 127 Å². The molecule has 0 saturated heterocycles. The van der Waals surface area contributed by atoms with Crippen LogP contribution in [0.5, 0.6) is 0 Å². The first-order chi connectivity index (χ1) is 16.9. The van der Waals surface area contributed by atoms with Gasteiger partial charge in [-0.3, -0.25) is 4.79 Å². The second-order valence-corrected chi connectivity index (χ2v) is 11.9. The number of rotatable bonds is 7. The highest BCUT2D eigenvalue weighted by Gasteiger charge is 2.51. The molecule has 2 heterocycles. The van der Waals surface area contributed by atoms with Crippen molar-refractivity contribution >= 4 is 33.0 Å². The number of benzene rings is 1. The van der Waals surface area contributed by atoms with E-state index in [2.05, 4.69) is 20.2 Å². The molecule has 1 unspecified atom stereocenters. The van der Waals surface area contributed by atoms with Gasteiger partial charge in [0.05, 0.1) is 11.9 Å². The van der Waals surface area contributed by atoms with Crippen molar-refractivity contribution in [2.45, 2.75) is 45.8 Å². The summed E-state index contributed by atoms with van der Waals surface area (Å²) in [6, 6.07) is 9.22. The molecule has 0 bridgehead atoms. The highest BCUT2D eigenvalue weighted by molar-refractivity contribution is 7.94. The summed E-state index contributed by atoms with van der Waals surface area (Å²) in [5.41, 5.74) is 2.25. The Hall–Kier alpha value is -3.66. The number of anilines is 1. The van der Waals surface area contributed by atoms with Crippen LogP contribution in [0.15, 0.2) is 63.9 Å². The van der Waals surface area contributed by atoms with E-state index in [1.54, 1.807) is 46.8 Å². The minimum absolute atomic E-state index is 0.000163. The Kier molecular flexibility index (Phi) is 6.66. The standard InChI is InChI=1S/C26H30N4O5S/c1-17-18(2)29-35-22(17)30-36(32,33)26(16-28-24(31)25(3,4)5)15-20(23-27-13-14-34-23)11-12-21(26)19-9-7-6-8-10-19/h6-14,30H,15-16H2,1-5H3,(H,28,31). The summed E-state index contributed by atoms with van der Waals surface area (Å²) in [7, 11) is -4.25. The van der Waals surface area contributed by atoms with Crippen molar-refractivity contribution < 1.29 is 22.2 Å². The van der Waals surface area contributed by atoms with E-state index in [4.69, 9.17) is 8.94 Å². The number of aromatic nitrogens is 2. The third-order valence-electron chi connectivity index (χ3n) is 6.32. The molecule has 0 aliphatic heterocycles. The summed E-state index contributed by atoms with van der Waals surface area (Å²) in [5.74, 6) is 0.0730. The van der Waals surface area contributed by atoms with Gasteiger partial charge in [0.25, 0.3) is 0 Å². The number of hydrogen-bond acceptors (Lipinski definition) is 7. The van der Waals surface area contributed by atoms with E-state index in [9.17, 15) is 13.2 Å². The smallest absolute Gasteiger partial charge is 0.247 e. The van der Waals surface area contributed by atoms with E-state index in [0.717, 1.165) is 0 Å². The molecule has 1 atom stereocenters. The highest BCUT2D eigenvalue weighted by Crippen LogP contribution is 2.45. The van der Waals surface area contributed by atoms with Gasteiger partial charge in [0.15, 0.2) is 0 Å². The Labute approximate surface area is 210 Å². The molecule has 0 spiro atoms. The zero-order valence-electron chi connectivity index (χ0n) is 21.0. The number of amides is 1. The molecule has 36 heavy (non-hydrogen) atoms. The molecule has 4 rings (SSSR count). The lowest BCUT2D eigenvalue weighted by atomic mass is 9.81. The number of oxazole rings is 1. The first kappa shape index (κ1) is 25.4. The lowest BCUT2D eigenvalue weighted by molar-refractivity contribution is -0.128. The van der Waals surface area contributed by atoms with Crippen molar-refractivity contribution in [3.05, 3.63) is 77.7 Å². The minimum atomic E-state index is -4.25. The molecule has 9 nitrogen and oxygen atoms in total. The molecule has 0 saturated carbocycles. The first-order valence-corrected chi connectivity index (χ1v) is 13.0. The first-order valence-electron chi connectivity index (χ1n) is 11.5. The van der Waals surface area contributed by atoms with Crippen LogP contribution < -0.4 is 10.0 Å². The Morgan fingerprint density at radius 2 is 1.86 bits per heavy atom. The van der Waals surface area contributed by atoms with Crippen LogP contribution in [0.4, 0.5) is 5.88 Å². The van der Waals surface area contributed by atoms with Gasteiger partial charge >= 0.3 is 0 Å². The predicted molar refractivity (Wildman–Crippen MR) is 137 cm³/mol. The zero-order chi connectivity index (χ0) is 26.1. The molecular formula is C26H30N4O5S. The minimum Gasteiger partial charge on any atom is -0.445 e. The van der Waals surface area contributed by atoms with Gasteiger partial charge < -0.3 is 14.3 Å². The molecule has 2 aromatic heterocycles. The second-order valence-electron chi connectivity index (χ2n) is 9.91. The lowest BCUT2D eigenvalue weighted by Crippen LogP contribution is -2.54. The molecule has 190 valence electrons. The number of nitrogens with zero attached hydrogens (tertiary/aromatic N) is 2. The van der Waals surface area contributed by atoms with Crippen molar-refractivity contribution in [1.29, 1.82) is 0 Å². The molecule has 0 radical (unpaired) electrons. The predicted octanol–water partition coefficient (Wildman–Crippen LogP) is 4.49. The molecule has 1 aliphatic carbocycles. The highest BCUT2D eigenvalue weighted by atomic mass is 32.2. The van der Waals surface area contributed by atoms with Gasteiger partial charge in [-0.25, -0.2) is 18.1 Å². The van der Waals surface area contributed by atoms with Crippen LogP contribution in [0.1, 0.15) is 49.9 Å². The molecule has 1 aliphatic rings.